The van der Waals surface area contributed by atoms with Crippen LogP contribution in [0.5, 0.6) is 17.2 Å². The lowest BCUT2D eigenvalue weighted by atomic mass is 9.95. The van der Waals surface area contributed by atoms with Gasteiger partial charge in [-0.15, -0.1) is 0 Å². The number of esters is 1. The molecule has 4 rings (SSSR count). The Morgan fingerprint density at radius 1 is 1.13 bits per heavy atom. The molecule has 0 fully saturated rings. The van der Waals surface area contributed by atoms with Crippen molar-refractivity contribution in [2.24, 2.45) is 5.10 Å². The molecular weight excluding hydrogens is 818 g/mol. The number of hydrazone groups is 1. The van der Waals surface area contributed by atoms with Crippen molar-refractivity contribution < 1.29 is 33.6 Å². The van der Waals surface area contributed by atoms with Crippen LogP contribution in [0, 0.1) is 3.57 Å². The van der Waals surface area contributed by atoms with Gasteiger partial charge in [0.15, 0.2) is 17.7 Å². The van der Waals surface area contributed by atoms with Gasteiger partial charge in [0.05, 0.1) is 49.6 Å². The van der Waals surface area contributed by atoms with Crippen molar-refractivity contribution in [1.29, 1.82) is 0 Å². The Kier molecular flexibility index (Phi) is 12.8. The summed E-state index contributed by atoms with van der Waals surface area (Å²) in [5, 5.41) is 20.9. The number of hydrogen-bond donors (Lipinski definition) is 4. The fourth-order valence-electron chi connectivity index (χ4n) is 4.40. The van der Waals surface area contributed by atoms with Crippen molar-refractivity contribution in [3.05, 3.63) is 94.6 Å². The maximum atomic E-state index is 12.5. The van der Waals surface area contributed by atoms with Crippen LogP contribution in [-0.2, 0) is 16.1 Å². The largest absolute Gasteiger partial charge is 0.490 e. The first-order valence-corrected chi connectivity index (χ1v) is 16.4. The number of nitrogens with one attached hydrogen (secondary N) is 3. The van der Waals surface area contributed by atoms with E-state index in [1.54, 1.807) is 43.5 Å². The van der Waals surface area contributed by atoms with Crippen molar-refractivity contribution in [2.75, 3.05) is 20.3 Å². The Labute approximate surface area is 297 Å². The van der Waals surface area contributed by atoms with Gasteiger partial charge in [-0.3, -0.25) is 5.43 Å². The number of halogens is 4. The first kappa shape index (κ1) is 35.6. The van der Waals surface area contributed by atoms with E-state index in [-0.39, 0.29) is 12.2 Å². The summed E-state index contributed by atoms with van der Waals surface area (Å²) < 4.78 is 24.0. The molecule has 0 saturated carbocycles. The van der Waals surface area contributed by atoms with Crippen molar-refractivity contribution in [1.82, 2.24) is 16.1 Å². The van der Waals surface area contributed by atoms with Crippen LogP contribution < -0.4 is 30.3 Å². The molecule has 3 aromatic rings. The Hall–Kier alpha value is -3.24. The van der Waals surface area contributed by atoms with Crippen LogP contribution in [-0.4, -0.2) is 49.9 Å². The number of carbonyl (C=O) groups excluding carboxylic acids is 2. The summed E-state index contributed by atoms with van der Waals surface area (Å²) >= 11 is 17.8. The summed E-state index contributed by atoms with van der Waals surface area (Å²) in [5.41, 5.74) is 5.51. The van der Waals surface area contributed by atoms with Gasteiger partial charge in [0, 0.05) is 5.70 Å². The SMILES string of the molecule is CCOc1cc([C@H]2NC(=O)NC(C)=C2C(=O)OC)ccc1OC[C@H](O)N/N=C\c1cc(Br)c(OCc2ccc(Cl)c(Cl)c2)c(I)c1. The van der Waals surface area contributed by atoms with E-state index in [1.807, 2.05) is 25.1 Å². The monoisotopic (exact) mass is 846 g/mol. The highest BCUT2D eigenvalue weighted by Gasteiger charge is 2.32. The van der Waals surface area contributed by atoms with Crippen LogP contribution in [0.25, 0.3) is 0 Å². The number of nitrogens with zero attached hydrogens (tertiary/aromatic N) is 1. The zero-order valence-corrected chi connectivity index (χ0v) is 30.1. The lowest BCUT2D eigenvalue weighted by Crippen LogP contribution is -2.45. The molecule has 4 N–H and O–H groups in total. The molecule has 15 heteroatoms. The summed E-state index contributed by atoms with van der Waals surface area (Å²) in [6.45, 7) is 3.91. The summed E-state index contributed by atoms with van der Waals surface area (Å²) in [5.74, 6) is 0.808. The van der Waals surface area contributed by atoms with E-state index in [9.17, 15) is 14.7 Å². The van der Waals surface area contributed by atoms with Gasteiger partial charge in [-0.2, -0.15) is 5.10 Å². The quantitative estimate of drug-likeness (QED) is 0.0506. The summed E-state index contributed by atoms with van der Waals surface area (Å²) in [6, 6.07) is 12.8. The van der Waals surface area contributed by atoms with E-state index in [4.69, 9.17) is 42.1 Å². The Morgan fingerprint density at radius 3 is 2.61 bits per heavy atom. The molecule has 3 aromatic carbocycles. The van der Waals surface area contributed by atoms with Crippen molar-refractivity contribution >= 4 is 79.9 Å². The van der Waals surface area contributed by atoms with E-state index in [1.165, 1.54) is 7.11 Å². The van der Waals surface area contributed by atoms with Gasteiger partial charge in [-0.25, -0.2) is 9.59 Å². The molecule has 11 nitrogen and oxygen atoms in total. The average molecular weight is 848 g/mol. The van der Waals surface area contributed by atoms with Gasteiger partial charge in [0.25, 0.3) is 0 Å². The molecule has 0 aromatic heterocycles. The van der Waals surface area contributed by atoms with E-state index < -0.39 is 24.3 Å². The molecule has 0 spiro atoms. The number of allylic oxidation sites excluding steroid dienone is 1. The number of ether oxygens (including phenoxy) is 4. The summed E-state index contributed by atoms with van der Waals surface area (Å²) in [7, 11) is 1.27. The second-order valence-electron chi connectivity index (χ2n) is 9.77. The minimum atomic E-state index is -1.15. The maximum absolute atomic E-state index is 12.5. The highest BCUT2D eigenvalue weighted by Crippen LogP contribution is 2.35. The Bertz CT molecular complexity index is 1650. The molecule has 46 heavy (non-hydrogen) atoms. The number of amides is 2. The van der Waals surface area contributed by atoms with Crippen LogP contribution in [0.4, 0.5) is 4.79 Å². The van der Waals surface area contributed by atoms with E-state index in [0.29, 0.717) is 51.8 Å². The van der Waals surface area contributed by atoms with Gasteiger partial charge in [-0.05, 0) is 105 Å². The number of carbonyl (C=O) groups is 2. The number of aliphatic hydroxyl groups excluding tert-OH is 1. The molecule has 0 saturated heterocycles. The molecule has 1 heterocycles. The molecule has 2 amide bonds. The minimum Gasteiger partial charge on any atom is -0.490 e. The lowest BCUT2D eigenvalue weighted by molar-refractivity contribution is -0.136. The number of hydrogen-bond acceptors (Lipinski definition) is 9. The second-order valence-corrected chi connectivity index (χ2v) is 12.6. The van der Waals surface area contributed by atoms with Crippen LogP contribution in [0.2, 0.25) is 10.0 Å². The van der Waals surface area contributed by atoms with Gasteiger partial charge >= 0.3 is 12.0 Å². The standard InChI is InChI=1S/C31H30BrCl2IN4O7/c1-4-44-25-12-19(28-27(30(41)43-3)16(2)37-31(42)38-28)6-8-24(25)45-15-26(40)39-36-13-18-9-20(32)29(23(35)11-18)46-14-17-5-7-21(33)22(34)10-17/h5-13,26,28,39-40H,4,14-15H2,1-3H3,(H2,37,38,42)/b36-13-/t26-,28+/m0/s1. The molecule has 0 bridgehead atoms. The fourth-order valence-corrected chi connectivity index (χ4v) is 6.49. The third kappa shape index (κ3) is 9.18. The first-order chi connectivity index (χ1) is 22.0. The van der Waals surface area contributed by atoms with Gasteiger partial charge in [0.1, 0.15) is 19.0 Å². The molecule has 2 atom stereocenters. The minimum absolute atomic E-state index is 0.157. The fraction of sp³-hybridized carbons (Fsp3) is 0.258. The summed E-state index contributed by atoms with van der Waals surface area (Å²) in [6.07, 6.45) is 0.406. The van der Waals surface area contributed by atoms with E-state index in [0.717, 1.165) is 19.2 Å². The number of methoxy groups -OCH3 is 1. The zero-order valence-electron chi connectivity index (χ0n) is 24.8. The average Bonchev–Trinajstić information content (AvgIpc) is 3.01. The van der Waals surface area contributed by atoms with Crippen LogP contribution >= 0.6 is 61.7 Å². The normalized spacial score (nSPS) is 15.2. The van der Waals surface area contributed by atoms with E-state index >= 15 is 0 Å². The predicted molar refractivity (Wildman–Crippen MR) is 187 cm³/mol. The number of aliphatic hydroxyl groups is 1. The van der Waals surface area contributed by atoms with Crippen LogP contribution in [0.3, 0.4) is 0 Å². The van der Waals surface area contributed by atoms with Crippen molar-refractivity contribution in [2.45, 2.75) is 32.7 Å². The molecule has 1 aliphatic rings. The number of urea groups is 1. The molecular formula is C31H30BrCl2IN4O7. The Morgan fingerprint density at radius 2 is 1.91 bits per heavy atom. The highest BCUT2D eigenvalue weighted by molar-refractivity contribution is 14.1. The first-order valence-electron chi connectivity index (χ1n) is 13.8. The maximum Gasteiger partial charge on any atom is 0.337 e. The lowest BCUT2D eigenvalue weighted by Gasteiger charge is -2.28. The highest BCUT2D eigenvalue weighted by atomic mass is 127. The van der Waals surface area contributed by atoms with Gasteiger partial charge in [0.2, 0.25) is 0 Å². The van der Waals surface area contributed by atoms with Crippen molar-refractivity contribution in [3.63, 3.8) is 0 Å². The molecule has 0 radical (unpaired) electrons. The molecule has 244 valence electrons. The predicted octanol–water partition coefficient (Wildman–Crippen LogP) is 6.46. The molecule has 0 unspecified atom stereocenters. The summed E-state index contributed by atoms with van der Waals surface area (Å²) in [4.78, 5) is 24.6. The van der Waals surface area contributed by atoms with Gasteiger partial charge < -0.3 is 34.7 Å². The molecule has 1 aliphatic heterocycles. The number of benzene rings is 3. The topological polar surface area (TPSA) is 140 Å². The van der Waals surface area contributed by atoms with Crippen LogP contribution in [0.1, 0.15) is 36.6 Å². The smallest absolute Gasteiger partial charge is 0.337 e. The van der Waals surface area contributed by atoms with Crippen LogP contribution in [0.15, 0.2) is 69.4 Å². The third-order valence-electron chi connectivity index (χ3n) is 6.50. The van der Waals surface area contributed by atoms with Gasteiger partial charge in [-0.1, -0.05) is 35.3 Å². The van der Waals surface area contributed by atoms with Crippen molar-refractivity contribution in [3.8, 4) is 17.2 Å². The third-order valence-corrected chi connectivity index (χ3v) is 8.63. The van der Waals surface area contributed by atoms with E-state index in [2.05, 4.69) is 59.7 Å². The number of rotatable bonds is 13. The molecule has 0 aliphatic carbocycles. The zero-order chi connectivity index (χ0) is 33.4. The second kappa shape index (κ2) is 16.5. The Balaban J connectivity index is 1.37.